The maximum Gasteiger partial charge on any atom is 0.280 e. The standard InChI is InChI=1S/C21H19ClF3N5O3/c22-14-7-11(23)1-2-13(14)21(4-5-21)20-27-19(33-29-20)15-8-16(18(24)25)30(28-15)9-17(31)26-12-3-6-32-10-12/h1-2,7-8,12,18H,3-6,9-10H2,(H,26,31)/t12-/m0/s1. The van der Waals surface area contributed by atoms with Crippen molar-refractivity contribution in [2.45, 2.75) is 43.7 Å². The van der Waals surface area contributed by atoms with Crippen molar-refractivity contribution in [1.82, 2.24) is 25.2 Å². The highest BCUT2D eigenvalue weighted by atomic mass is 35.5. The molecule has 1 N–H and O–H groups in total. The van der Waals surface area contributed by atoms with Crippen LogP contribution in [0.4, 0.5) is 13.2 Å². The van der Waals surface area contributed by atoms with Gasteiger partial charge < -0.3 is 14.6 Å². The van der Waals surface area contributed by atoms with Gasteiger partial charge in [-0.05, 0) is 43.0 Å². The van der Waals surface area contributed by atoms with E-state index < -0.39 is 29.3 Å². The van der Waals surface area contributed by atoms with Crippen LogP contribution < -0.4 is 5.32 Å². The van der Waals surface area contributed by atoms with Crippen molar-refractivity contribution in [3.8, 4) is 11.6 Å². The summed E-state index contributed by atoms with van der Waals surface area (Å²) >= 11 is 6.23. The molecule has 5 rings (SSSR count). The van der Waals surface area contributed by atoms with Gasteiger partial charge >= 0.3 is 0 Å². The predicted octanol–water partition coefficient (Wildman–Crippen LogP) is 3.65. The fourth-order valence-electron chi connectivity index (χ4n) is 4.03. The van der Waals surface area contributed by atoms with Crippen molar-refractivity contribution in [2.24, 2.45) is 0 Å². The van der Waals surface area contributed by atoms with E-state index in [-0.39, 0.29) is 29.2 Å². The van der Waals surface area contributed by atoms with Crippen LogP contribution in [0.15, 0.2) is 28.8 Å². The zero-order valence-corrected chi connectivity index (χ0v) is 18.0. The van der Waals surface area contributed by atoms with Crippen molar-refractivity contribution >= 4 is 17.5 Å². The van der Waals surface area contributed by atoms with E-state index in [4.69, 9.17) is 20.9 Å². The molecule has 1 aliphatic carbocycles. The zero-order valence-electron chi connectivity index (χ0n) is 17.2. The average Bonchev–Trinajstić information content (AvgIpc) is 3.16. The molecule has 3 aromatic rings. The number of carbonyl (C=O) groups is 1. The molecule has 1 saturated heterocycles. The molecule has 3 heterocycles. The van der Waals surface area contributed by atoms with Gasteiger partial charge in [-0.15, -0.1) is 0 Å². The van der Waals surface area contributed by atoms with Gasteiger partial charge in [0.25, 0.3) is 12.3 Å². The van der Waals surface area contributed by atoms with Crippen molar-refractivity contribution in [3.63, 3.8) is 0 Å². The third-order valence-electron chi connectivity index (χ3n) is 5.89. The molecular formula is C21H19ClF3N5O3. The van der Waals surface area contributed by atoms with E-state index in [0.717, 1.165) is 10.7 Å². The highest BCUT2D eigenvalue weighted by Gasteiger charge is 2.51. The van der Waals surface area contributed by atoms with Gasteiger partial charge in [-0.2, -0.15) is 10.1 Å². The molecular weight excluding hydrogens is 463 g/mol. The van der Waals surface area contributed by atoms with Crippen molar-refractivity contribution in [1.29, 1.82) is 0 Å². The van der Waals surface area contributed by atoms with Gasteiger partial charge in [0.05, 0.1) is 18.1 Å². The molecule has 1 amide bonds. The Kier molecular flexibility index (Phi) is 5.61. The van der Waals surface area contributed by atoms with E-state index in [1.54, 1.807) is 6.07 Å². The first kappa shape index (κ1) is 21.9. The number of ether oxygens (including phenoxy) is 1. The minimum Gasteiger partial charge on any atom is -0.379 e. The number of benzene rings is 1. The largest absolute Gasteiger partial charge is 0.379 e. The Labute approximate surface area is 191 Å². The topological polar surface area (TPSA) is 95.1 Å². The molecule has 0 radical (unpaired) electrons. The fraction of sp³-hybridized carbons (Fsp3) is 0.429. The van der Waals surface area contributed by atoms with E-state index in [2.05, 4.69) is 20.6 Å². The van der Waals surface area contributed by atoms with Gasteiger partial charge in [-0.1, -0.05) is 22.8 Å². The minimum atomic E-state index is -2.86. The lowest BCUT2D eigenvalue weighted by atomic mass is 9.95. The first-order chi connectivity index (χ1) is 15.9. The number of amides is 1. The van der Waals surface area contributed by atoms with Crippen LogP contribution in [0.1, 0.15) is 42.8 Å². The Balaban J connectivity index is 1.39. The second kappa shape index (κ2) is 8.45. The lowest BCUT2D eigenvalue weighted by Crippen LogP contribution is -2.37. The molecule has 1 aliphatic heterocycles. The van der Waals surface area contributed by atoms with E-state index in [0.29, 0.717) is 43.9 Å². The van der Waals surface area contributed by atoms with Crippen LogP contribution in [-0.4, -0.2) is 45.1 Å². The SMILES string of the molecule is O=C(Cn1nc(-c2nc(C3(c4ccc(F)cc4Cl)CC3)no2)cc1C(F)F)N[C@H]1CCOC1. The second-order valence-corrected chi connectivity index (χ2v) is 8.58. The van der Waals surface area contributed by atoms with Crippen LogP contribution in [0, 0.1) is 5.82 Å². The summed E-state index contributed by atoms with van der Waals surface area (Å²) in [5, 5.41) is 11.1. The lowest BCUT2D eigenvalue weighted by molar-refractivity contribution is -0.122. The summed E-state index contributed by atoms with van der Waals surface area (Å²) in [5.41, 5.74) is -0.360. The van der Waals surface area contributed by atoms with E-state index in [1.165, 1.54) is 12.1 Å². The number of alkyl halides is 2. The van der Waals surface area contributed by atoms with Crippen LogP contribution in [0.2, 0.25) is 5.02 Å². The Morgan fingerprint density at radius 1 is 1.33 bits per heavy atom. The van der Waals surface area contributed by atoms with E-state index in [1.807, 2.05) is 0 Å². The summed E-state index contributed by atoms with van der Waals surface area (Å²) in [5.74, 6) is -0.642. The molecule has 2 aromatic heterocycles. The van der Waals surface area contributed by atoms with Crippen molar-refractivity contribution < 1.29 is 27.2 Å². The molecule has 0 bridgehead atoms. The molecule has 33 heavy (non-hydrogen) atoms. The Morgan fingerprint density at radius 3 is 2.82 bits per heavy atom. The first-order valence-electron chi connectivity index (χ1n) is 10.4. The predicted molar refractivity (Wildman–Crippen MR) is 109 cm³/mol. The minimum absolute atomic E-state index is 0.0297. The second-order valence-electron chi connectivity index (χ2n) is 8.17. The molecule has 0 spiro atoms. The monoisotopic (exact) mass is 481 g/mol. The smallest absolute Gasteiger partial charge is 0.280 e. The molecule has 174 valence electrons. The highest BCUT2D eigenvalue weighted by molar-refractivity contribution is 6.31. The number of aromatic nitrogens is 4. The fourth-order valence-corrected chi connectivity index (χ4v) is 4.38. The molecule has 1 aromatic carbocycles. The normalized spacial score (nSPS) is 19.2. The highest BCUT2D eigenvalue weighted by Crippen LogP contribution is 2.54. The molecule has 0 unspecified atom stereocenters. The molecule has 8 nitrogen and oxygen atoms in total. The Morgan fingerprint density at radius 2 is 2.15 bits per heavy atom. The number of nitrogens with one attached hydrogen (secondary N) is 1. The van der Waals surface area contributed by atoms with Gasteiger partial charge in [-0.3, -0.25) is 9.48 Å². The van der Waals surface area contributed by atoms with Crippen LogP contribution in [0.25, 0.3) is 11.6 Å². The lowest BCUT2D eigenvalue weighted by Gasteiger charge is -2.12. The summed E-state index contributed by atoms with van der Waals surface area (Å²) in [6.45, 7) is 0.554. The summed E-state index contributed by atoms with van der Waals surface area (Å²) < 4.78 is 52.1. The summed E-state index contributed by atoms with van der Waals surface area (Å²) in [6.07, 6.45) is -0.829. The Hall–Kier alpha value is -2.92. The number of carbonyl (C=O) groups excluding carboxylic acids is 1. The molecule has 12 heteroatoms. The van der Waals surface area contributed by atoms with Crippen LogP contribution >= 0.6 is 11.6 Å². The maximum atomic E-state index is 13.6. The third kappa shape index (κ3) is 4.22. The number of hydrogen-bond donors (Lipinski definition) is 1. The average molecular weight is 482 g/mol. The Bertz CT molecular complexity index is 1190. The third-order valence-corrected chi connectivity index (χ3v) is 6.21. The summed E-state index contributed by atoms with van der Waals surface area (Å²) in [4.78, 5) is 16.6. The summed E-state index contributed by atoms with van der Waals surface area (Å²) in [6, 6.07) is 5.09. The van der Waals surface area contributed by atoms with Gasteiger partial charge in [0.15, 0.2) is 11.5 Å². The van der Waals surface area contributed by atoms with Crippen LogP contribution in [0.3, 0.4) is 0 Å². The molecule has 2 fully saturated rings. The number of nitrogens with zero attached hydrogens (tertiary/aromatic N) is 4. The van der Waals surface area contributed by atoms with Gasteiger partial charge in [0, 0.05) is 11.6 Å². The molecule has 2 aliphatic rings. The maximum absolute atomic E-state index is 13.6. The zero-order chi connectivity index (χ0) is 23.2. The number of rotatable bonds is 7. The number of hydrogen-bond acceptors (Lipinski definition) is 6. The van der Waals surface area contributed by atoms with Crippen LogP contribution in [0.5, 0.6) is 0 Å². The van der Waals surface area contributed by atoms with E-state index in [9.17, 15) is 18.0 Å². The number of halogens is 4. The summed E-state index contributed by atoms with van der Waals surface area (Å²) in [7, 11) is 0. The first-order valence-corrected chi connectivity index (χ1v) is 10.8. The molecule has 1 atom stereocenters. The van der Waals surface area contributed by atoms with Crippen molar-refractivity contribution in [2.75, 3.05) is 13.2 Å². The van der Waals surface area contributed by atoms with Gasteiger partial charge in [0.2, 0.25) is 5.91 Å². The quantitative estimate of drug-likeness (QED) is 0.553. The van der Waals surface area contributed by atoms with Gasteiger partial charge in [-0.25, -0.2) is 13.2 Å². The van der Waals surface area contributed by atoms with E-state index >= 15 is 0 Å². The molecule has 1 saturated carbocycles. The van der Waals surface area contributed by atoms with Crippen molar-refractivity contribution in [3.05, 3.63) is 52.2 Å². The van der Waals surface area contributed by atoms with Crippen LogP contribution in [-0.2, 0) is 21.5 Å². The van der Waals surface area contributed by atoms with Gasteiger partial charge in [0.1, 0.15) is 18.1 Å².